The van der Waals surface area contributed by atoms with Gasteiger partial charge >= 0.3 is 0 Å². The minimum atomic E-state index is -0.287. The average molecular weight is 783 g/mol. The predicted molar refractivity (Wildman–Crippen MR) is 178 cm³/mol. The Morgan fingerprint density at radius 1 is 0.761 bits per heavy atom. The number of hydrogen-bond donors (Lipinski definition) is 0. The van der Waals surface area contributed by atoms with Crippen LogP contribution in [0.3, 0.4) is 0 Å². The van der Waals surface area contributed by atoms with E-state index < -0.39 is 0 Å². The first kappa shape index (κ1) is 29.8. The Morgan fingerprint density at radius 3 is 2.28 bits per heavy atom. The number of halogens is 1. The predicted octanol–water partition coefficient (Wildman–Crippen LogP) is 9.99. The van der Waals surface area contributed by atoms with Gasteiger partial charge in [0.15, 0.2) is 0 Å². The van der Waals surface area contributed by atoms with Gasteiger partial charge < -0.3 is 19.1 Å². The Hall–Kier alpha value is -4.93. The van der Waals surface area contributed by atoms with Crippen LogP contribution in [0.25, 0.3) is 27.6 Å². The van der Waals surface area contributed by atoms with E-state index >= 15 is 0 Å². The fraction of sp³-hybridized carbons (Fsp3) is 0.0769. The van der Waals surface area contributed by atoms with E-state index in [0.717, 1.165) is 62.2 Å². The van der Waals surface area contributed by atoms with E-state index in [9.17, 15) is 4.39 Å². The standard InChI is InChI=1S/C39H28FN4O.Pt/c1-3-27-21-28(42-25-43(35-13-7-5-11-33(35)40)37-15-9-8-14-36(37)42)23-30(22-27)45-29-16-17-32-31-10-4-6-12-34(31)44(38(32)24-29)39-20-26(2)18-19-41-39;/h4-22,25H,3H2,1-2H3;/q-3;. The molecule has 0 unspecified atom stereocenters. The molecule has 0 saturated heterocycles. The zero-order valence-corrected chi connectivity index (χ0v) is 27.4. The minimum absolute atomic E-state index is 0. The summed E-state index contributed by atoms with van der Waals surface area (Å²) >= 11 is 0. The van der Waals surface area contributed by atoms with Gasteiger partial charge in [0.2, 0.25) is 0 Å². The number of fused-ring (bicyclic) bond motifs is 4. The Balaban J connectivity index is 0.00000338. The molecule has 2 aromatic heterocycles. The second-order valence-corrected chi connectivity index (χ2v) is 11.1. The van der Waals surface area contributed by atoms with Gasteiger partial charge in [-0.15, -0.1) is 48.1 Å². The van der Waals surface area contributed by atoms with Crippen molar-refractivity contribution in [1.82, 2.24) is 9.55 Å². The van der Waals surface area contributed by atoms with Crippen LogP contribution < -0.4 is 14.5 Å². The summed E-state index contributed by atoms with van der Waals surface area (Å²) in [6.07, 6.45) is 2.64. The summed E-state index contributed by atoms with van der Waals surface area (Å²) in [5, 5.41) is 2.20. The monoisotopic (exact) mass is 782 g/mol. The third-order valence-electron chi connectivity index (χ3n) is 8.21. The van der Waals surface area contributed by atoms with E-state index in [1.807, 2.05) is 83.3 Å². The van der Waals surface area contributed by atoms with Crippen molar-refractivity contribution in [3.05, 3.63) is 151 Å². The van der Waals surface area contributed by atoms with Gasteiger partial charge in [-0.2, -0.15) is 11.6 Å². The van der Waals surface area contributed by atoms with Gasteiger partial charge in [0.1, 0.15) is 11.6 Å². The van der Waals surface area contributed by atoms with Crippen molar-refractivity contribution in [2.45, 2.75) is 20.3 Å². The van der Waals surface area contributed by atoms with Crippen LogP contribution >= 0.6 is 0 Å². The molecule has 0 fully saturated rings. The molecule has 3 heterocycles. The molecule has 230 valence electrons. The third kappa shape index (κ3) is 5.13. The molecule has 1 aliphatic rings. The number of para-hydroxylation sites is 4. The second kappa shape index (κ2) is 12.1. The number of anilines is 4. The maximum atomic E-state index is 14.9. The first-order chi connectivity index (χ1) is 22.1. The molecular weight excluding hydrogens is 755 g/mol. The van der Waals surface area contributed by atoms with Crippen LogP contribution in [0.5, 0.6) is 11.5 Å². The Kier molecular flexibility index (Phi) is 7.83. The molecule has 0 N–H and O–H groups in total. The number of rotatable bonds is 6. The molecule has 0 spiro atoms. The van der Waals surface area contributed by atoms with Crippen LogP contribution in [0.4, 0.5) is 27.1 Å². The fourth-order valence-electron chi connectivity index (χ4n) is 6.05. The number of ether oxygens (including phenoxy) is 1. The normalized spacial score (nSPS) is 12.4. The number of aromatic nitrogens is 2. The summed E-state index contributed by atoms with van der Waals surface area (Å²) in [4.78, 5) is 8.59. The van der Waals surface area contributed by atoms with E-state index in [4.69, 9.17) is 4.74 Å². The quantitative estimate of drug-likeness (QED) is 0.157. The van der Waals surface area contributed by atoms with Crippen LogP contribution in [0.15, 0.2) is 115 Å². The molecule has 5 aromatic carbocycles. The first-order valence-electron chi connectivity index (χ1n) is 15.0. The van der Waals surface area contributed by atoms with Crippen molar-refractivity contribution in [2.75, 3.05) is 9.80 Å². The molecule has 0 saturated carbocycles. The van der Waals surface area contributed by atoms with Crippen LogP contribution in [0.1, 0.15) is 18.1 Å². The maximum absolute atomic E-state index is 14.9. The number of benzene rings is 5. The Bertz CT molecular complexity index is 2230. The Labute approximate surface area is 281 Å². The summed E-state index contributed by atoms with van der Waals surface area (Å²) in [7, 11) is 0. The summed E-state index contributed by atoms with van der Waals surface area (Å²) < 4.78 is 23.5. The van der Waals surface area contributed by atoms with Crippen LogP contribution in [0, 0.1) is 31.5 Å². The van der Waals surface area contributed by atoms with Gasteiger partial charge in [-0.3, -0.25) is 0 Å². The SMILES string of the molecule is CCc1cc(Oc2[c-]c3c(cc2)c2ccccc2n3-c2cc(C)ccn2)[c-]c(N2[CH-]N(c3ccccc3F)c3ccccc32)c1.[Pt]. The van der Waals surface area contributed by atoms with Gasteiger partial charge in [0, 0.05) is 61.3 Å². The molecule has 46 heavy (non-hydrogen) atoms. The number of aryl methyl sites for hydroxylation is 2. The molecule has 7 aromatic rings. The third-order valence-corrected chi connectivity index (χ3v) is 8.21. The Morgan fingerprint density at radius 2 is 1.50 bits per heavy atom. The molecule has 5 nitrogen and oxygen atoms in total. The molecule has 0 aliphatic carbocycles. The smallest absolute Gasteiger partial charge is 0.144 e. The van der Waals surface area contributed by atoms with Crippen molar-refractivity contribution in [1.29, 1.82) is 0 Å². The van der Waals surface area contributed by atoms with E-state index in [1.54, 1.807) is 12.1 Å². The van der Waals surface area contributed by atoms with Crippen LogP contribution in [0.2, 0.25) is 0 Å². The molecule has 1 aliphatic heterocycles. The van der Waals surface area contributed by atoms with E-state index in [2.05, 4.69) is 65.9 Å². The van der Waals surface area contributed by atoms with E-state index in [0.29, 0.717) is 17.2 Å². The van der Waals surface area contributed by atoms with Crippen molar-refractivity contribution in [2.24, 2.45) is 0 Å². The van der Waals surface area contributed by atoms with Gasteiger partial charge in [-0.25, -0.2) is 9.37 Å². The molecule has 0 atom stereocenters. The van der Waals surface area contributed by atoms with Crippen molar-refractivity contribution >= 4 is 44.6 Å². The number of nitrogens with zero attached hydrogens (tertiary/aromatic N) is 4. The topological polar surface area (TPSA) is 33.5 Å². The average Bonchev–Trinajstić information content (AvgIpc) is 3.61. The summed E-state index contributed by atoms with van der Waals surface area (Å²) in [6.45, 7) is 6.09. The number of hydrogen-bond acceptors (Lipinski definition) is 4. The van der Waals surface area contributed by atoms with Crippen molar-refractivity contribution < 1.29 is 30.2 Å². The zero-order chi connectivity index (χ0) is 30.5. The van der Waals surface area contributed by atoms with Gasteiger partial charge in [0.05, 0.1) is 0 Å². The molecule has 0 bridgehead atoms. The maximum Gasteiger partial charge on any atom is 0.144 e. The van der Waals surface area contributed by atoms with Gasteiger partial charge in [0.25, 0.3) is 0 Å². The van der Waals surface area contributed by atoms with Crippen LogP contribution in [-0.2, 0) is 27.5 Å². The van der Waals surface area contributed by atoms with Crippen LogP contribution in [-0.4, -0.2) is 9.55 Å². The summed E-state index contributed by atoms with van der Waals surface area (Å²) in [5.41, 5.74) is 7.27. The molecule has 8 rings (SSSR count). The molecule has 7 heteroatoms. The van der Waals surface area contributed by atoms with Gasteiger partial charge in [-0.1, -0.05) is 61.3 Å². The zero-order valence-electron chi connectivity index (χ0n) is 25.1. The van der Waals surface area contributed by atoms with Crippen molar-refractivity contribution in [3.63, 3.8) is 0 Å². The molecule has 0 amide bonds. The minimum Gasteiger partial charge on any atom is -0.509 e. The van der Waals surface area contributed by atoms with E-state index in [-0.39, 0.29) is 26.9 Å². The summed E-state index contributed by atoms with van der Waals surface area (Å²) in [6, 6.07) is 42.3. The number of pyridine rings is 1. The van der Waals surface area contributed by atoms with Crippen molar-refractivity contribution in [3.8, 4) is 17.3 Å². The molecule has 0 radical (unpaired) electrons. The summed E-state index contributed by atoms with van der Waals surface area (Å²) in [5.74, 6) is 1.70. The van der Waals surface area contributed by atoms with Gasteiger partial charge in [-0.05, 0) is 60.3 Å². The fourth-order valence-corrected chi connectivity index (χ4v) is 6.05. The molecular formula is C39H28FN4OPt-3. The first-order valence-corrected chi connectivity index (χ1v) is 15.0. The largest absolute Gasteiger partial charge is 0.509 e. The van der Waals surface area contributed by atoms with E-state index in [1.165, 1.54) is 6.07 Å². The second-order valence-electron chi connectivity index (χ2n) is 11.1.